The number of hydrogen-bond donors (Lipinski definition) is 2. The van der Waals surface area contributed by atoms with E-state index in [2.05, 4.69) is 22.7 Å². The quantitative estimate of drug-likeness (QED) is 0.819. The Morgan fingerprint density at radius 3 is 2.77 bits per heavy atom. The van der Waals surface area contributed by atoms with Crippen LogP contribution in [0.4, 0.5) is 0 Å². The van der Waals surface area contributed by atoms with Gasteiger partial charge >= 0.3 is 0 Å². The number of nitrogens with zero attached hydrogens (tertiary/aromatic N) is 1. The van der Waals surface area contributed by atoms with E-state index in [-0.39, 0.29) is 11.9 Å². The zero-order valence-electron chi connectivity index (χ0n) is 12.8. The number of halogens is 1. The van der Waals surface area contributed by atoms with Crippen LogP contribution in [0.3, 0.4) is 0 Å². The summed E-state index contributed by atoms with van der Waals surface area (Å²) in [6.07, 6.45) is 6.73. The van der Waals surface area contributed by atoms with Crippen molar-refractivity contribution in [3.63, 3.8) is 0 Å². The average Bonchev–Trinajstić information content (AvgIpc) is 2.97. The van der Waals surface area contributed by atoms with Gasteiger partial charge in [-0.3, -0.25) is 9.80 Å². The molecule has 3 rings (SSSR count). The molecule has 2 unspecified atom stereocenters. The second kappa shape index (κ2) is 6.71. The lowest BCUT2D eigenvalue weighted by Crippen LogP contribution is -2.55. The highest BCUT2D eigenvalue weighted by atomic mass is 35.5. The van der Waals surface area contributed by atoms with E-state index in [1.54, 1.807) is 0 Å². The number of rotatable bonds is 5. The fourth-order valence-electron chi connectivity index (χ4n) is 3.08. The highest BCUT2D eigenvalue weighted by Crippen LogP contribution is 2.29. The number of hydrazine groups is 1. The average molecular weight is 320 g/mol. The zero-order valence-corrected chi connectivity index (χ0v) is 13.6. The fourth-order valence-corrected chi connectivity index (χ4v) is 3.20. The monoisotopic (exact) mass is 319 g/mol. The predicted octanol–water partition coefficient (Wildman–Crippen LogP) is 3.16. The number of hydrogen-bond acceptors (Lipinski definition) is 3. The molecule has 118 valence electrons. The molecule has 0 radical (unpaired) electrons. The van der Waals surface area contributed by atoms with Gasteiger partial charge in [0.05, 0.1) is 12.1 Å². The third-order valence-electron chi connectivity index (χ3n) is 4.33. The van der Waals surface area contributed by atoms with Gasteiger partial charge in [-0.2, -0.15) is 0 Å². The Labute approximate surface area is 136 Å². The van der Waals surface area contributed by atoms with Crippen molar-refractivity contribution < 1.29 is 4.79 Å². The molecule has 22 heavy (non-hydrogen) atoms. The maximum absolute atomic E-state index is 12.1. The number of fused-ring (bicyclic) bond motifs is 1. The van der Waals surface area contributed by atoms with Crippen LogP contribution in [0, 0.1) is 0 Å². The Bertz CT molecular complexity index is 570. The molecule has 4 nitrogen and oxygen atoms in total. The van der Waals surface area contributed by atoms with Crippen molar-refractivity contribution in [2.24, 2.45) is 0 Å². The van der Waals surface area contributed by atoms with Gasteiger partial charge in [-0.25, -0.2) is 5.43 Å². The first-order chi connectivity index (χ1) is 10.7. The summed E-state index contributed by atoms with van der Waals surface area (Å²) in [6.45, 7) is 2.92. The van der Waals surface area contributed by atoms with E-state index in [1.807, 2.05) is 30.3 Å². The molecule has 1 aromatic rings. The van der Waals surface area contributed by atoms with Gasteiger partial charge in [0.1, 0.15) is 5.70 Å². The fraction of sp³-hybridized carbons (Fsp3) is 0.471. The van der Waals surface area contributed by atoms with Gasteiger partial charge in [0.2, 0.25) is 0 Å². The van der Waals surface area contributed by atoms with Crippen LogP contribution < -0.4 is 10.7 Å². The van der Waals surface area contributed by atoms with Crippen molar-refractivity contribution in [2.45, 2.75) is 44.7 Å². The van der Waals surface area contributed by atoms with Crippen molar-refractivity contribution in [3.05, 3.63) is 46.6 Å². The second-order valence-electron chi connectivity index (χ2n) is 5.94. The lowest BCUT2D eigenvalue weighted by atomic mass is 10.0. The van der Waals surface area contributed by atoms with E-state index in [9.17, 15) is 4.79 Å². The van der Waals surface area contributed by atoms with E-state index in [1.165, 1.54) is 19.3 Å². The molecule has 2 atom stereocenters. The second-order valence-corrected chi connectivity index (χ2v) is 6.38. The van der Waals surface area contributed by atoms with E-state index in [0.29, 0.717) is 12.6 Å². The Morgan fingerprint density at radius 1 is 1.27 bits per heavy atom. The van der Waals surface area contributed by atoms with E-state index < -0.39 is 0 Å². The Hall–Kier alpha value is -1.52. The van der Waals surface area contributed by atoms with Crippen molar-refractivity contribution in [3.8, 4) is 0 Å². The molecule has 0 aromatic heterocycles. The molecule has 2 aliphatic rings. The SMILES string of the molecule is CCCCCC1CNC(=O)C2=CC(c3ccc(Cl)cc3)NN21. The summed E-state index contributed by atoms with van der Waals surface area (Å²) in [5.74, 6) is 0.00991. The third-order valence-corrected chi connectivity index (χ3v) is 4.58. The number of piperazine rings is 1. The van der Waals surface area contributed by atoms with Gasteiger partial charge in [0, 0.05) is 11.6 Å². The predicted molar refractivity (Wildman–Crippen MR) is 88.2 cm³/mol. The molecular weight excluding hydrogens is 298 g/mol. The summed E-state index contributed by atoms with van der Waals surface area (Å²) in [6, 6.07) is 8.12. The standard InChI is InChI=1S/C17H22ClN3O/c1-2-3-4-5-14-11-19-17(22)16-10-15(20-21(14)16)12-6-8-13(18)9-7-12/h6-10,14-15,20H,2-5,11H2,1H3,(H,19,22). The summed E-state index contributed by atoms with van der Waals surface area (Å²) >= 11 is 5.95. The lowest BCUT2D eigenvalue weighted by Gasteiger charge is -2.36. The first kappa shape index (κ1) is 15.4. The largest absolute Gasteiger partial charge is 0.349 e. The van der Waals surface area contributed by atoms with Gasteiger partial charge in [-0.1, -0.05) is 49.9 Å². The molecule has 5 heteroatoms. The van der Waals surface area contributed by atoms with Gasteiger partial charge in [-0.15, -0.1) is 0 Å². The Kier molecular flexibility index (Phi) is 4.69. The molecule has 1 fully saturated rings. The molecular formula is C17H22ClN3O. The Morgan fingerprint density at radius 2 is 2.05 bits per heavy atom. The molecule has 1 amide bonds. The summed E-state index contributed by atoms with van der Waals surface area (Å²) in [5.41, 5.74) is 5.33. The van der Waals surface area contributed by atoms with Crippen molar-refractivity contribution in [1.82, 2.24) is 15.8 Å². The first-order valence-corrected chi connectivity index (χ1v) is 8.37. The lowest BCUT2D eigenvalue weighted by molar-refractivity contribution is -0.122. The van der Waals surface area contributed by atoms with E-state index >= 15 is 0 Å². The molecule has 1 aromatic carbocycles. The van der Waals surface area contributed by atoms with Crippen molar-refractivity contribution in [2.75, 3.05) is 6.54 Å². The normalized spacial score (nSPS) is 24.0. The molecule has 0 bridgehead atoms. The molecule has 2 N–H and O–H groups in total. The Balaban J connectivity index is 1.74. The van der Waals surface area contributed by atoms with Crippen LogP contribution in [0.5, 0.6) is 0 Å². The van der Waals surface area contributed by atoms with Crippen LogP contribution in [-0.4, -0.2) is 23.5 Å². The summed E-state index contributed by atoms with van der Waals surface area (Å²) in [4.78, 5) is 12.1. The topological polar surface area (TPSA) is 44.4 Å². The third kappa shape index (κ3) is 3.13. The number of carbonyl (C=O) groups excluding carboxylic acids is 1. The van der Waals surface area contributed by atoms with Crippen LogP contribution in [0.2, 0.25) is 5.02 Å². The summed E-state index contributed by atoms with van der Waals surface area (Å²) in [7, 11) is 0. The maximum Gasteiger partial charge on any atom is 0.268 e. The number of nitrogens with one attached hydrogen (secondary N) is 2. The van der Waals surface area contributed by atoms with Crippen molar-refractivity contribution >= 4 is 17.5 Å². The molecule has 0 aliphatic carbocycles. The molecule has 2 aliphatic heterocycles. The van der Waals surface area contributed by atoms with Crippen LogP contribution in [-0.2, 0) is 4.79 Å². The van der Waals surface area contributed by atoms with Gasteiger partial charge in [-0.05, 0) is 30.2 Å². The first-order valence-electron chi connectivity index (χ1n) is 8.00. The van der Waals surface area contributed by atoms with Crippen LogP contribution in [0.25, 0.3) is 0 Å². The molecule has 0 saturated carbocycles. The number of benzene rings is 1. The van der Waals surface area contributed by atoms with Gasteiger partial charge in [0.25, 0.3) is 5.91 Å². The minimum Gasteiger partial charge on any atom is -0.349 e. The number of carbonyl (C=O) groups is 1. The summed E-state index contributed by atoms with van der Waals surface area (Å²) in [5, 5.41) is 5.79. The number of unbranched alkanes of at least 4 members (excludes halogenated alkanes) is 2. The van der Waals surface area contributed by atoms with Gasteiger partial charge in [0.15, 0.2) is 0 Å². The van der Waals surface area contributed by atoms with E-state index in [0.717, 1.165) is 22.7 Å². The number of amides is 1. The van der Waals surface area contributed by atoms with E-state index in [4.69, 9.17) is 11.6 Å². The van der Waals surface area contributed by atoms with Gasteiger partial charge < -0.3 is 5.32 Å². The maximum atomic E-state index is 12.1. The molecule has 1 saturated heterocycles. The van der Waals surface area contributed by atoms with Crippen LogP contribution in [0.15, 0.2) is 36.0 Å². The highest BCUT2D eigenvalue weighted by molar-refractivity contribution is 6.30. The minimum absolute atomic E-state index is 0.00991. The van der Waals surface area contributed by atoms with Crippen molar-refractivity contribution in [1.29, 1.82) is 0 Å². The van der Waals surface area contributed by atoms with Crippen LogP contribution >= 0.6 is 11.6 Å². The molecule has 0 spiro atoms. The smallest absolute Gasteiger partial charge is 0.268 e. The minimum atomic E-state index is 0.00991. The molecule has 2 heterocycles. The summed E-state index contributed by atoms with van der Waals surface area (Å²) < 4.78 is 0. The van der Waals surface area contributed by atoms with Crippen LogP contribution in [0.1, 0.15) is 44.2 Å². The highest BCUT2D eigenvalue weighted by Gasteiger charge is 2.36. The zero-order chi connectivity index (χ0) is 15.5.